The van der Waals surface area contributed by atoms with Gasteiger partial charge in [0, 0.05) is 16.9 Å². The Morgan fingerprint density at radius 3 is 0.987 bits per heavy atom. The zero-order valence-electron chi connectivity index (χ0n) is 41.9. The molecule has 12 aromatic rings. The van der Waals surface area contributed by atoms with Crippen molar-refractivity contribution in [3.8, 4) is 33.4 Å². The molecule has 0 fully saturated rings. The minimum Gasteiger partial charge on any atom is -0.310 e. The Bertz CT molecular complexity index is 4030. The van der Waals surface area contributed by atoms with E-state index in [2.05, 4.69) is 314 Å². The van der Waals surface area contributed by atoms with Crippen molar-refractivity contribution >= 4 is 17.1 Å². The molecule has 15 rings (SSSR count). The van der Waals surface area contributed by atoms with Gasteiger partial charge >= 0.3 is 0 Å². The second-order valence-corrected chi connectivity index (χ2v) is 20.6. The Morgan fingerprint density at radius 1 is 0.197 bits per heavy atom. The fourth-order valence-electron chi connectivity index (χ4n) is 14.2. The van der Waals surface area contributed by atoms with Crippen LogP contribution in [-0.2, 0) is 16.2 Å². The van der Waals surface area contributed by atoms with E-state index < -0.39 is 16.2 Å². The summed E-state index contributed by atoms with van der Waals surface area (Å²) in [6.07, 6.45) is 0. The molecule has 76 heavy (non-hydrogen) atoms. The van der Waals surface area contributed by atoms with Gasteiger partial charge in [-0.05, 0) is 125 Å². The van der Waals surface area contributed by atoms with Crippen molar-refractivity contribution in [1.82, 2.24) is 0 Å². The normalized spacial score (nSPS) is 14.4. The molecule has 0 amide bonds. The molecule has 12 aromatic carbocycles. The van der Waals surface area contributed by atoms with Gasteiger partial charge in [0.15, 0.2) is 0 Å². The van der Waals surface area contributed by atoms with Gasteiger partial charge in [-0.15, -0.1) is 0 Å². The third kappa shape index (κ3) is 6.03. The van der Waals surface area contributed by atoms with Crippen molar-refractivity contribution in [2.45, 2.75) is 16.2 Å². The molecular formula is C75H51N. The maximum Gasteiger partial charge on any atom is 0.0734 e. The fraction of sp³-hybridized carbons (Fsp3) is 0.0400. The molecule has 1 heteroatoms. The van der Waals surface area contributed by atoms with Gasteiger partial charge in [0.1, 0.15) is 0 Å². The fourth-order valence-corrected chi connectivity index (χ4v) is 14.2. The quantitative estimate of drug-likeness (QED) is 0.139. The Hall–Kier alpha value is -9.56. The van der Waals surface area contributed by atoms with Crippen molar-refractivity contribution in [2.75, 3.05) is 4.90 Å². The lowest BCUT2D eigenvalue weighted by atomic mass is 9.67. The molecule has 0 heterocycles. The van der Waals surface area contributed by atoms with Crippen molar-refractivity contribution in [3.63, 3.8) is 0 Å². The van der Waals surface area contributed by atoms with Crippen LogP contribution >= 0.6 is 0 Å². The molecule has 0 spiro atoms. The van der Waals surface area contributed by atoms with E-state index in [4.69, 9.17) is 0 Å². The maximum absolute atomic E-state index is 2.60. The number of fused-ring (bicyclic) bond motifs is 9. The van der Waals surface area contributed by atoms with E-state index in [1.807, 2.05) is 0 Å². The molecular weight excluding hydrogens is 915 g/mol. The summed E-state index contributed by atoms with van der Waals surface area (Å²) < 4.78 is 0. The highest BCUT2D eigenvalue weighted by molar-refractivity contribution is 5.97. The van der Waals surface area contributed by atoms with E-state index in [1.165, 1.54) is 100 Å². The molecule has 0 N–H and O–H groups in total. The van der Waals surface area contributed by atoms with Gasteiger partial charge in [0.25, 0.3) is 0 Å². The molecule has 356 valence electrons. The molecule has 3 aliphatic carbocycles. The Labute approximate surface area is 445 Å². The van der Waals surface area contributed by atoms with E-state index in [-0.39, 0.29) is 0 Å². The SMILES string of the molecule is c1ccc(C2(c3ccccc3)c3ccccc3-c3cc(N(c4ccc5c(c4)C(c4ccccc4)(c4ccccc4)c4ccccc4-5)c4cccc5c4C(c4ccccc4)(c4ccccc4)c4ccccc4-5)ccc32)cc1. The summed E-state index contributed by atoms with van der Waals surface area (Å²) in [6.45, 7) is 0. The van der Waals surface area contributed by atoms with Gasteiger partial charge in [-0.25, -0.2) is 0 Å². The summed E-state index contributed by atoms with van der Waals surface area (Å²) >= 11 is 0. The van der Waals surface area contributed by atoms with Gasteiger partial charge in [-0.2, -0.15) is 0 Å². The van der Waals surface area contributed by atoms with Crippen LogP contribution in [0.15, 0.2) is 309 Å². The van der Waals surface area contributed by atoms with Crippen LogP contribution in [-0.4, -0.2) is 0 Å². The van der Waals surface area contributed by atoms with E-state index in [1.54, 1.807) is 0 Å². The Kier molecular flexibility index (Phi) is 9.99. The molecule has 0 aliphatic heterocycles. The molecule has 0 bridgehead atoms. The van der Waals surface area contributed by atoms with Crippen molar-refractivity contribution < 1.29 is 0 Å². The topological polar surface area (TPSA) is 3.24 Å². The average Bonchev–Trinajstić information content (AvgIpc) is 4.21. The first kappa shape index (κ1) is 44.0. The van der Waals surface area contributed by atoms with Gasteiger partial charge in [-0.3, -0.25) is 0 Å². The van der Waals surface area contributed by atoms with Crippen LogP contribution in [0.2, 0.25) is 0 Å². The predicted molar refractivity (Wildman–Crippen MR) is 313 cm³/mol. The number of nitrogens with zero attached hydrogens (tertiary/aromatic N) is 1. The summed E-state index contributed by atoms with van der Waals surface area (Å²) in [6, 6.07) is 116. The number of hydrogen-bond acceptors (Lipinski definition) is 1. The van der Waals surface area contributed by atoms with Crippen LogP contribution in [0.3, 0.4) is 0 Å². The number of rotatable bonds is 9. The maximum atomic E-state index is 2.60. The Morgan fingerprint density at radius 2 is 0.513 bits per heavy atom. The molecule has 3 aliphatic rings. The zero-order valence-corrected chi connectivity index (χ0v) is 41.9. The molecule has 0 saturated heterocycles. The van der Waals surface area contributed by atoms with Crippen LogP contribution < -0.4 is 4.90 Å². The summed E-state index contributed by atoms with van der Waals surface area (Å²) in [7, 11) is 0. The summed E-state index contributed by atoms with van der Waals surface area (Å²) in [5.41, 5.74) is 24.1. The minimum atomic E-state index is -0.660. The molecule has 0 atom stereocenters. The van der Waals surface area contributed by atoms with E-state index >= 15 is 0 Å². The van der Waals surface area contributed by atoms with Crippen LogP contribution in [0.5, 0.6) is 0 Å². The van der Waals surface area contributed by atoms with Crippen molar-refractivity contribution in [1.29, 1.82) is 0 Å². The highest BCUT2D eigenvalue weighted by atomic mass is 15.1. The van der Waals surface area contributed by atoms with E-state index in [9.17, 15) is 0 Å². The van der Waals surface area contributed by atoms with Gasteiger partial charge in [0.2, 0.25) is 0 Å². The first-order chi connectivity index (χ1) is 37.7. The third-order valence-electron chi connectivity index (χ3n) is 17.1. The standard InChI is InChI=1S/C75H51N/c1-7-26-52(27-8-1)73(53-28-9-2-10-29-53)67-43-23-21-40-62(67)65-50-58(47-49-69(65)73)76(59-46-48-63-60-38-19-22-42-66(60)74(70(63)51-59,54-30-11-3-12-31-54)55-32-13-4-14-33-55)71-45-25-41-64-61-39-20-24-44-68(61)75(72(64)71,56-34-15-5-16-35-56)57-36-17-6-18-37-57/h1-51H. The highest BCUT2D eigenvalue weighted by Crippen LogP contribution is 2.63. The van der Waals surface area contributed by atoms with Gasteiger partial charge in [0.05, 0.1) is 21.9 Å². The van der Waals surface area contributed by atoms with E-state index in [0.717, 1.165) is 17.1 Å². The third-order valence-corrected chi connectivity index (χ3v) is 17.1. The smallest absolute Gasteiger partial charge is 0.0734 e. The lowest BCUT2D eigenvalue weighted by molar-refractivity contribution is 0.765. The zero-order chi connectivity index (χ0) is 50.3. The number of benzene rings is 12. The van der Waals surface area contributed by atoms with Crippen molar-refractivity contribution in [2.24, 2.45) is 0 Å². The molecule has 1 nitrogen and oxygen atoms in total. The molecule has 0 aromatic heterocycles. The number of hydrogen-bond donors (Lipinski definition) is 0. The second-order valence-electron chi connectivity index (χ2n) is 20.6. The monoisotopic (exact) mass is 965 g/mol. The highest BCUT2D eigenvalue weighted by Gasteiger charge is 2.51. The molecule has 0 saturated carbocycles. The first-order valence-corrected chi connectivity index (χ1v) is 26.6. The number of anilines is 3. The Balaban J connectivity index is 1.07. The summed E-state index contributed by atoms with van der Waals surface area (Å²) in [4.78, 5) is 2.60. The van der Waals surface area contributed by atoms with Crippen LogP contribution in [0.1, 0.15) is 66.8 Å². The predicted octanol–water partition coefficient (Wildman–Crippen LogP) is 18.2. The lowest BCUT2D eigenvalue weighted by Crippen LogP contribution is -2.31. The second kappa shape index (κ2) is 17.3. The average molecular weight is 966 g/mol. The summed E-state index contributed by atoms with van der Waals surface area (Å²) in [5.74, 6) is 0. The van der Waals surface area contributed by atoms with Crippen LogP contribution in [0.25, 0.3) is 33.4 Å². The van der Waals surface area contributed by atoms with Crippen LogP contribution in [0.4, 0.5) is 17.1 Å². The largest absolute Gasteiger partial charge is 0.310 e. The van der Waals surface area contributed by atoms with Gasteiger partial charge in [-0.1, -0.05) is 279 Å². The summed E-state index contributed by atoms with van der Waals surface area (Å²) in [5, 5.41) is 0. The molecule has 0 unspecified atom stereocenters. The van der Waals surface area contributed by atoms with Crippen molar-refractivity contribution in [3.05, 3.63) is 376 Å². The molecule has 0 radical (unpaired) electrons. The first-order valence-electron chi connectivity index (χ1n) is 26.6. The lowest BCUT2D eigenvalue weighted by Gasteiger charge is -2.38. The van der Waals surface area contributed by atoms with Gasteiger partial charge < -0.3 is 4.90 Å². The van der Waals surface area contributed by atoms with E-state index in [0.29, 0.717) is 0 Å². The van der Waals surface area contributed by atoms with Crippen LogP contribution in [0, 0.1) is 0 Å². The minimum absolute atomic E-state index is 0.534.